The van der Waals surface area contributed by atoms with E-state index in [2.05, 4.69) is 0 Å². The van der Waals surface area contributed by atoms with Gasteiger partial charge in [0.2, 0.25) is 5.91 Å². The van der Waals surface area contributed by atoms with Crippen molar-refractivity contribution in [2.45, 2.75) is 30.7 Å². The standard InChI is InChI=1S/C17H17FN2O3S/c1-11-10-13(18)7-9-16(11)24(22,23)20-14-5-3-2-4-12(14)6-8-15(20)17(19)21/h2-5,7,9-10,15H,6,8H2,1H3,(H2,19,21). The van der Waals surface area contributed by atoms with Crippen molar-refractivity contribution in [3.63, 3.8) is 0 Å². The van der Waals surface area contributed by atoms with Gasteiger partial charge < -0.3 is 5.73 Å². The fourth-order valence-electron chi connectivity index (χ4n) is 3.08. The van der Waals surface area contributed by atoms with Crippen molar-refractivity contribution in [3.8, 4) is 0 Å². The number of carbonyl (C=O) groups is 1. The molecule has 5 nitrogen and oxygen atoms in total. The van der Waals surface area contributed by atoms with E-state index in [1.165, 1.54) is 13.0 Å². The van der Waals surface area contributed by atoms with E-state index in [0.717, 1.165) is 22.0 Å². The number of hydrogen-bond acceptors (Lipinski definition) is 3. The van der Waals surface area contributed by atoms with Crippen molar-refractivity contribution in [1.82, 2.24) is 0 Å². The Kier molecular flexibility index (Phi) is 4.04. The molecule has 0 fully saturated rings. The zero-order valence-corrected chi connectivity index (χ0v) is 13.9. The van der Waals surface area contributed by atoms with E-state index in [1.54, 1.807) is 12.1 Å². The van der Waals surface area contributed by atoms with Crippen LogP contribution in [0.15, 0.2) is 47.4 Å². The summed E-state index contributed by atoms with van der Waals surface area (Å²) < 4.78 is 40.8. The fourth-order valence-corrected chi connectivity index (χ4v) is 4.98. The highest BCUT2D eigenvalue weighted by atomic mass is 32.2. The van der Waals surface area contributed by atoms with E-state index in [1.807, 2.05) is 12.1 Å². The van der Waals surface area contributed by atoms with E-state index in [0.29, 0.717) is 18.5 Å². The Morgan fingerprint density at radius 2 is 1.96 bits per heavy atom. The van der Waals surface area contributed by atoms with Crippen LogP contribution in [0.3, 0.4) is 0 Å². The number of hydrogen-bond donors (Lipinski definition) is 1. The molecule has 0 bridgehead atoms. The molecule has 0 aromatic heterocycles. The second-order valence-corrected chi connectivity index (χ2v) is 7.58. The molecule has 2 aromatic rings. The van der Waals surface area contributed by atoms with Gasteiger partial charge in [0, 0.05) is 0 Å². The Hall–Kier alpha value is -2.41. The van der Waals surface area contributed by atoms with E-state index in [9.17, 15) is 17.6 Å². The van der Waals surface area contributed by atoms with E-state index in [-0.39, 0.29) is 10.5 Å². The lowest BCUT2D eigenvalue weighted by Crippen LogP contribution is -2.50. The molecule has 0 saturated heterocycles. The lowest BCUT2D eigenvalue weighted by atomic mass is 9.98. The highest BCUT2D eigenvalue weighted by Crippen LogP contribution is 2.36. The average molecular weight is 348 g/mol. The molecule has 1 heterocycles. The van der Waals surface area contributed by atoms with Crippen LogP contribution in [-0.4, -0.2) is 20.4 Å². The summed E-state index contributed by atoms with van der Waals surface area (Å²) in [5.74, 6) is -1.22. The Balaban J connectivity index is 2.21. The minimum atomic E-state index is -4.05. The molecule has 1 aliphatic rings. The smallest absolute Gasteiger partial charge is 0.265 e. The number of anilines is 1. The molecule has 2 aromatic carbocycles. The number of halogens is 1. The molecule has 1 amide bonds. The summed E-state index contributed by atoms with van der Waals surface area (Å²) in [7, 11) is -4.05. The summed E-state index contributed by atoms with van der Waals surface area (Å²) in [6.45, 7) is 1.52. The third-order valence-corrected chi connectivity index (χ3v) is 6.18. The van der Waals surface area contributed by atoms with Crippen LogP contribution in [0.25, 0.3) is 0 Å². The summed E-state index contributed by atoms with van der Waals surface area (Å²) in [5.41, 5.74) is 7.00. The third kappa shape index (κ3) is 2.65. The number of fused-ring (bicyclic) bond motifs is 1. The van der Waals surface area contributed by atoms with Crippen molar-refractivity contribution < 1.29 is 17.6 Å². The maximum Gasteiger partial charge on any atom is 0.265 e. The Morgan fingerprint density at radius 1 is 1.25 bits per heavy atom. The van der Waals surface area contributed by atoms with Gasteiger partial charge in [-0.05, 0) is 55.2 Å². The summed E-state index contributed by atoms with van der Waals surface area (Å²) in [6.07, 6.45) is 0.879. The van der Waals surface area contributed by atoms with Gasteiger partial charge >= 0.3 is 0 Å². The maximum atomic E-state index is 13.3. The van der Waals surface area contributed by atoms with Crippen LogP contribution in [0.1, 0.15) is 17.5 Å². The minimum absolute atomic E-state index is 0.0353. The van der Waals surface area contributed by atoms with Crippen LogP contribution in [0.5, 0.6) is 0 Å². The number of nitrogens with two attached hydrogens (primary N) is 1. The number of rotatable bonds is 3. The van der Waals surface area contributed by atoms with E-state index in [4.69, 9.17) is 5.73 Å². The zero-order chi connectivity index (χ0) is 17.5. The van der Waals surface area contributed by atoms with Gasteiger partial charge in [-0.25, -0.2) is 12.8 Å². The first-order chi connectivity index (χ1) is 11.3. The Morgan fingerprint density at radius 3 is 2.62 bits per heavy atom. The first-order valence-corrected chi connectivity index (χ1v) is 8.94. The van der Waals surface area contributed by atoms with Gasteiger partial charge in [0.1, 0.15) is 11.9 Å². The number of nitrogens with zero attached hydrogens (tertiary/aromatic N) is 1. The lowest BCUT2D eigenvalue weighted by molar-refractivity contribution is -0.119. The van der Waals surface area contributed by atoms with Crippen molar-refractivity contribution in [2.75, 3.05) is 4.31 Å². The molecular formula is C17H17FN2O3S. The van der Waals surface area contributed by atoms with E-state index >= 15 is 0 Å². The quantitative estimate of drug-likeness (QED) is 0.923. The van der Waals surface area contributed by atoms with Crippen molar-refractivity contribution in [1.29, 1.82) is 0 Å². The molecule has 1 atom stereocenters. The predicted molar refractivity (Wildman–Crippen MR) is 88.5 cm³/mol. The first kappa shape index (κ1) is 16.4. The molecule has 3 rings (SSSR count). The fraction of sp³-hybridized carbons (Fsp3) is 0.235. The highest BCUT2D eigenvalue weighted by molar-refractivity contribution is 7.93. The molecule has 7 heteroatoms. The van der Waals surface area contributed by atoms with Gasteiger partial charge in [0.05, 0.1) is 10.6 Å². The van der Waals surface area contributed by atoms with Crippen LogP contribution >= 0.6 is 0 Å². The molecule has 0 aliphatic carbocycles. The summed E-state index contributed by atoms with van der Waals surface area (Å²) in [4.78, 5) is 11.8. The SMILES string of the molecule is Cc1cc(F)ccc1S(=O)(=O)N1c2ccccc2CCC1C(N)=O. The van der Waals surface area contributed by atoms with Gasteiger partial charge in [-0.15, -0.1) is 0 Å². The monoisotopic (exact) mass is 348 g/mol. The number of benzene rings is 2. The number of amides is 1. The van der Waals surface area contributed by atoms with Gasteiger partial charge in [-0.2, -0.15) is 0 Å². The predicted octanol–water partition coefficient (Wildman–Crippen LogP) is 2.13. The zero-order valence-electron chi connectivity index (χ0n) is 13.1. The number of sulfonamides is 1. The summed E-state index contributed by atoms with van der Waals surface area (Å²) >= 11 is 0. The van der Waals surface area contributed by atoms with Crippen molar-refractivity contribution >= 4 is 21.6 Å². The summed E-state index contributed by atoms with van der Waals surface area (Å²) in [5, 5.41) is 0. The second-order valence-electron chi connectivity index (χ2n) is 5.80. The molecule has 0 saturated carbocycles. The second kappa shape index (κ2) is 5.90. The van der Waals surface area contributed by atoms with Crippen LogP contribution in [0, 0.1) is 12.7 Å². The minimum Gasteiger partial charge on any atom is -0.368 e. The third-order valence-electron chi connectivity index (χ3n) is 4.20. The molecule has 1 unspecified atom stereocenters. The average Bonchev–Trinajstić information content (AvgIpc) is 2.53. The van der Waals surface area contributed by atoms with Crippen molar-refractivity contribution in [2.24, 2.45) is 5.73 Å². The van der Waals surface area contributed by atoms with Gasteiger partial charge in [-0.3, -0.25) is 9.10 Å². The van der Waals surface area contributed by atoms with Crippen LogP contribution in [-0.2, 0) is 21.2 Å². The molecular weight excluding hydrogens is 331 g/mol. The molecule has 0 spiro atoms. The molecule has 1 aliphatic heterocycles. The Labute approximate surface area is 139 Å². The molecule has 24 heavy (non-hydrogen) atoms. The molecule has 2 N–H and O–H groups in total. The number of primary amides is 1. The van der Waals surface area contributed by atoms with Gasteiger partial charge in [0.25, 0.3) is 10.0 Å². The topological polar surface area (TPSA) is 80.5 Å². The lowest BCUT2D eigenvalue weighted by Gasteiger charge is -2.36. The largest absolute Gasteiger partial charge is 0.368 e. The maximum absolute atomic E-state index is 13.3. The van der Waals surface area contributed by atoms with Crippen molar-refractivity contribution in [3.05, 3.63) is 59.4 Å². The first-order valence-electron chi connectivity index (χ1n) is 7.50. The normalized spacial score (nSPS) is 17.4. The molecule has 126 valence electrons. The Bertz CT molecular complexity index is 912. The number of carbonyl (C=O) groups excluding carboxylic acids is 1. The van der Waals surface area contributed by atoms with E-state index < -0.39 is 27.8 Å². The van der Waals surface area contributed by atoms with Gasteiger partial charge in [0.15, 0.2) is 0 Å². The van der Waals surface area contributed by atoms with Crippen LogP contribution in [0.2, 0.25) is 0 Å². The molecule has 0 radical (unpaired) electrons. The number of aryl methyl sites for hydroxylation is 2. The van der Waals surface area contributed by atoms with Crippen LogP contribution in [0.4, 0.5) is 10.1 Å². The number of para-hydroxylation sites is 1. The summed E-state index contributed by atoms with van der Waals surface area (Å²) in [6, 6.07) is 9.51. The van der Waals surface area contributed by atoms with Crippen LogP contribution < -0.4 is 10.0 Å². The highest BCUT2D eigenvalue weighted by Gasteiger charge is 2.39. The van der Waals surface area contributed by atoms with Gasteiger partial charge in [-0.1, -0.05) is 18.2 Å².